The third kappa shape index (κ3) is 1.94. The zero-order valence-electron chi connectivity index (χ0n) is 9.10. The van der Waals surface area contributed by atoms with Crippen LogP contribution in [0.5, 0.6) is 0 Å². The van der Waals surface area contributed by atoms with Gasteiger partial charge in [-0.05, 0) is 6.07 Å². The highest BCUT2D eigenvalue weighted by molar-refractivity contribution is 5.69. The zero-order chi connectivity index (χ0) is 12.5. The van der Waals surface area contributed by atoms with Crippen LogP contribution in [0.2, 0.25) is 0 Å². The smallest absolute Gasteiger partial charge is 0.423 e. The van der Waals surface area contributed by atoms with Gasteiger partial charge in [0, 0.05) is 11.1 Å². The maximum atomic E-state index is 10.9. The van der Waals surface area contributed by atoms with Gasteiger partial charge in [-0.3, -0.25) is 10.9 Å². The van der Waals surface area contributed by atoms with E-state index >= 15 is 0 Å². The molecule has 2 amide bonds. The van der Waals surface area contributed by atoms with E-state index in [0.29, 0.717) is 0 Å². The van der Waals surface area contributed by atoms with Crippen LogP contribution in [0.3, 0.4) is 0 Å². The Balaban J connectivity index is 1.80. The second-order valence-corrected chi connectivity index (χ2v) is 3.78. The van der Waals surface area contributed by atoms with E-state index in [2.05, 4.69) is 21.7 Å². The average Bonchev–Trinajstić information content (AvgIpc) is 2.98. The summed E-state index contributed by atoms with van der Waals surface area (Å²) in [5, 5.41) is 0. The molecule has 1 aromatic rings. The van der Waals surface area contributed by atoms with Gasteiger partial charge in [-0.1, -0.05) is 18.2 Å². The van der Waals surface area contributed by atoms with E-state index in [4.69, 9.17) is 9.47 Å². The molecule has 3 rings (SSSR count). The van der Waals surface area contributed by atoms with Gasteiger partial charge in [-0.25, -0.2) is 9.59 Å². The van der Waals surface area contributed by atoms with Crippen LogP contribution in [-0.2, 0) is 9.47 Å². The minimum absolute atomic E-state index is 0.530. The molecule has 4 N–H and O–H groups in total. The molecule has 8 heteroatoms. The molecule has 2 aliphatic heterocycles. The highest BCUT2D eigenvalue weighted by Gasteiger charge is 2.27. The second-order valence-electron chi connectivity index (χ2n) is 3.78. The highest BCUT2D eigenvalue weighted by Crippen LogP contribution is 2.23. The van der Waals surface area contributed by atoms with Crippen molar-refractivity contribution >= 4 is 12.2 Å². The van der Waals surface area contributed by atoms with Crippen LogP contribution in [0.4, 0.5) is 9.59 Å². The van der Waals surface area contributed by atoms with E-state index in [-0.39, 0.29) is 0 Å². The summed E-state index contributed by atoms with van der Waals surface area (Å²) >= 11 is 0. The van der Waals surface area contributed by atoms with Crippen molar-refractivity contribution in [2.75, 3.05) is 0 Å². The van der Waals surface area contributed by atoms with Crippen LogP contribution >= 0.6 is 0 Å². The monoisotopic (exact) mass is 250 g/mol. The van der Waals surface area contributed by atoms with Gasteiger partial charge < -0.3 is 9.47 Å². The van der Waals surface area contributed by atoms with Gasteiger partial charge in [0.2, 0.25) is 0 Å². The molecule has 0 aromatic heterocycles. The van der Waals surface area contributed by atoms with Crippen LogP contribution < -0.4 is 21.7 Å². The van der Waals surface area contributed by atoms with Crippen molar-refractivity contribution in [2.24, 2.45) is 0 Å². The van der Waals surface area contributed by atoms with Crippen molar-refractivity contribution in [3.63, 3.8) is 0 Å². The number of amides is 2. The number of rotatable bonds is 2. The maximum absolute atomic E-state index is 10.9. The number of hydrogen-bond donors (Lipinski definition) is 4. The van der Waals surface area contributed by atoms with E-state index in [9.17, 15) is 9.59 Å². The van der Waals surface area contributed by atoms with Gasteiger partial charge >= 0.3 is 12.2 Å². The summed E-state index contributed by atoms with van der Waals surface area (Å²) in [7, 11) is 0. The molecule has 94 valence electrons. The van der Waals surface area contributed by atoms with Gasteiger partial charge in [0.1, 0.15) is 0 Å². The Kier molecular flexibility index (Phi) is 2.50. The number of carbonyl (C=O) groups excluding carboxylic acids is 2. The lowest BCUT2D eigenvalue weighted by Crippen LogP contribution is -2.27. The molecule has 2 unspecified atom stereocenters. The molecule has 8 nitrogen and oxygen atoms in total. The molecule has 2 atom stereocenters. The predicted molar refractivity (Wildman–Crippen MR) is 57.4 cm³/mol. The minimum Gasteiger partial charge on any atom is -0.423 e. The van der Waals surface area contributed by atoms with Gasteiger partial charge in [0.05, 0.1) is 0 Å². The van der Waals surface area contributed by atoms with Crippen molar-refractivity contribution in [1.82, 2.24) is 21.7 Å². The van der Waals surface area contributed by atoms with E-state index < -0.39 is 24.6 Å². The normalized spacial score (nSPS) is 26.2. The predicted octanol–water partition coefficient (Wildman–Crippen LogP) is 0.173. The van der Waals surface area contributed by atoms with Crippen LogP contribution in [0.15, 0.2) is 24.3 Å². The molecule has 1 aromatic carbocycles. The number of hydrogen-bond acceptors (Lipinski definition) is 6. The molecule has 2 aliphatic rings. The standard InChI is InChI=1S/C10H10N4O4/c15-9-13-11-7(17-9)5-2-1-3-6(4-5)8-12-14-10(16)18-8/h1-4,7-8,11-12H,(H,13,15)(H,14,16). The van der Waals surface area contributed by atoms with Crippen LogP contribution in [0.1, 0.15) is 23.6 Å². The summed E-state index contributed by atoms with van der Waals surface area (Å²) in [4.78, 5) is 21.8. The fourth-order valence-electron chi connectivity index (χ4n) is 1.77. The zero-order valence-corrected chi connectivity index (χ0v) is 9.10. The third-order valence-electron chi connectivity index (χ3n) is 2.58. The van der Waals surface area contributed by atoms with Crippen LogP contribution in [0, 0.1) is 0 Å². The summed E-state index contributed by atoms with van der Waals surface area (Å²) in [5.74, 6) is 0. The number of benzene rings is 1. The number of cyclic esters (lactones) is 2. The summed E-state index contributed by atoms with van der Waals surface area (Å²) in [5.41, 5.74) is 11.5. The fourth-order valence-corrected chi connectivity index (χ4v) is 1.77. The Morgan fingerprint density at radius 2 is 1.39 bits per heavy atom. The van der Waals surface area contributed by atoms with Crippen molar-refractivity contribution in [1.29, 1.82) is 0 Å². The SMILES string of the molecule is O=C1NNC(c2cccc(C3NNC(=O)O3)c2)O1. The lowest BCUT2D eigenvalue weighted by Gasteiger charge is -2.12. The van der Waals surface area contributed by atoms with Gasteiger partial charge in [0.25, 0.3) is 0 Å². The quantitative estimate of drug-likeness (QED) is 0.597. The summed E-state index contributed by atoms with van der Waals surface area (Å²) in [6, 6.07) is 7.15. The van der Waals surface area contributed by atoms with E-state index in [1.54, 1.807) is 24.3 Å². The molecule has 2 fully saturated rings. The number of ether oxygens (including phenoxy) is 2. The fraction of sp³-hybridized carbons (Fsp3) is 0.200. The van der Waals surface area contributed by atoms with Gasteiger partial charge in [-0.2, -0.15) is 10.9 Å². The largest absolute Gasteiger partial charge is 0.423 e. The Morgan fingerprint density at radius 1 is 0.889 bits per heavy atom. The molecule has 2 saturated heterocycles. The topological polar surface area (TPSA) is 101 Å². The highest BCUT2D eigenvalue weighted by atomic mass is 16.6. The Bertz CT molecular complexity index is 465. The first-order valence-corrected chi connectivity index (χ1v) is 5.26. The first kappa shape index (κ1) is 10.8. The van der Waals surface area contributed by atoms with Crippen molar-refractivity contribution in [2.45, 2.75) is 12.5 Å². The van der Waals surface area contributed by atoms with Crippen molar-refractivity contribution in [3.8, 4) is 0 Å². The average molecular weight is 250 g/mol. The van der Waals surface area contributed by atoms with E-state index in [1.807, 2.05) is 0 Å². The summed E-state index contributed by atoms with van der Waals surface area (Å²) in [6.07, 6.45) is -2.17. The lowest BCUT2D eigenvalue weighted by atomic mass is 10.1. The first-order chi connectivity index (χ1) is 8.72. The number of carbonyl (C=O) groups is 2. The Labute approximate surface area is 102 Å². The minimum atomic E-state index is -0.553. The molecule has 0 spiro atoms. The molecule has 18 heavy (non-hydrogen) atoms. The number of hydrazine groups is 2. The van der Waals surface area contributed by atoms with E-state index in [0.717, 1.165) is 11.1 Å². The van der Waals surface area contributed by atoms with Gasteiger partial charge in [0.15, 0.2) is 12.5 Å². The molecule has 0 radical (unpaired) electrons. The molecular weight excluding hydrogens is 240 g/mol. The van der Waals surface area contributed by atoms with Crippen molar-refractivity contribution < 1.29 is 19.1 Å². The van der Waals surface area contributed by atoms with E-state index in [1.165, 1.54) is 0 Å². The Morgan fingerprint density at radius 3 is 1.78 bits per heavy atom. The first-order valence-electron chi connectivity index (χ1n) is 5.26. The maximum Gasteiger partial charge on any atom is 0.423 e. The molecule has 0 saturated carbocycles. The van der Waals surface area contributed by atoms with Crippen LogP contribution in [-0.4, -0.2) is 12.2 Å². The lowest BCUT2D eigenvalue weighted by molar-refractivity contribution is 0.127. The Hall–Kier alpha value is -2.32. The molecular formula is C10H10N4O4. The van der Waals surface area contributed by atoms with Crippen LogP contribution in [0.25, 0.3) is 0 Å². The molecule has 2 heterocycles. The number of nitrogens with one attached hydrogen (secondary N) is 4. The second kappa shape index (κ2) is 4.17. The van der Waals surface area contributed by atoms with Gasteiger partial charge in [-0.15, -0.1) is 0 Å². The molecule has 0 bridgehead atoms. The van der Waals surface area contributed by atoms with Crippen molar-refractivity contribution in [3.05, 3.63) is 35.4 Å². The molecule has 0 aliphatic carbocycles. The summed E-state index contributed by atoms with van der Waals surface area (Å²) < 4.78 is 9.96. The third-order valence-corrected chi connectivity index (χ3v) is 2.58. The summed E-state index contributed by atoms with van der Waals surface area (Å²) in [6.45, 7) is 0.